The molecule has 71 valence electrons. The van der Waals surface area contributed by atoms with Gasteiger partial charge in [0.25, 0.3) is 0 Å². The normalized spacial score (nSPS) is 11.2. The number of hydrogen-bond donors (Lipinski definition) is 1. The molecule has 2 heteroatoms. The highest BCUT2D eigenvalue weighted by molar-refractivity contribution is 5.48. The van der Waals surface area contributed by atoms with Crippen LogP contribution in [0.3, 0.4) is 0 Å². The fraction of sp³-hybridized carbons (Fsp3) is 0.900. The van der Waals surface area contributed by atoms with Crippen LogP contribution in [0.2, 0.25) is 0 Å². The molecule has 0 spiro atoms. The van der Waals surface area contributed by atoms with E-state index in [0.717, 1.165) is 6.42 Å². The van der Waals surface area contributed by atoms with Gasteiger partial charge >= 0.3 is 6.41 Å². The molecule has 1 radical (unpaired) electrons. The Hall–Kier alpha value is -0.530. The van der Waals surface area contributed by atoms with E-state index in [4.69, 9.17) is 0 Å². The van der Waals surface area contributed by atoms with E-state index in [-0.39, 0.29) is 5.54 Å². The highest BCUT2D eigenvalue weighted by atomic mass is 16.1. The van der Waals surface area contributed by atoms with Crippen molar-refractivity contribution in [1.29, 1.82) is 0 Å². The van der Waals surface area contributed by atoms with Gasteiger partial charge in [-0.3, -0.25) is 4.79 Å². The molecule has 1 amide bonds. The van der Waals surface area contributed by atoms with Crippen molar-refractivity contribution in [2.75, 3.05) is 0 Å². The first-order valence-electron chi connectivity index (χ1n) is 4.76. The average molecular weight is 170 g/mol. The molecule has 12 heavy (non-hydrogen) atoms. The van der Waals surface area contributed by atoms with Gasteiger partial charge in [0.2, 0.25) is 0 Å². The minimum Gasteiger partial charge on any atom is -0.343 e. The largest absolute Gasteiger partial charge is 0.343 e. The molecule has 0 aliphatic rings. The minimum atomic E-state index is -0.0739. The standard InChI is InChI=1S/C10H20NO/c1-4-5-6-7-8-10(2,3)11-9-12/h4-8H2,1-3H3,(H,11,12). The lowest BCUT2D eigenvalue weighted by molar-refractivity contribution is 0.389. The van der Waals surface area contributed by atoms with E-state index in [1.807, 2.05) is 13.8 Å². The van der Waals surface area contributed by atoms with E-state index >= 15 is 0 Å². The van der Waals surface area contributed by atoms with Crippen LogP contribution in [-0.2, 0) is 4.79 Å². The summed E-state index contributed by atoms with van der Waals surface area (Å²) in [7, 11) is 0. The second-order valence-electron chi connectivity index (χ2n) is 3.92. The lowest BCUT2D eigenvalue weighted by Crippen LogP contribution is -2.37. The monoisotopic (exact) mass is 170 g/mol. The number of hydrogen-bond acceptors (Lipinski definition) is 1. The topological polar surface area (TPSA) is 29.1 Å². The highest BCUT2D eigenvalue weighted by Crippen LogP contribution is 2.13. The molecule has 0 bridgehead atoms. The van der Waals surface area contributed by atoms with Crippen LogP contribution < -0.4 is 5.32 Å². The van der Waals surface area contributed by atoms with Gasteiger partial charge in [-0.1, -0.05) is 32.6 Å². The summed E-state index contributed by atoms with van der Waals surface area (Å²) in [6, 6.07) is 0. The third kappa shape index (κ3) is 6.20. The van der Waals surface area contributed by atoms with Gasteiger partial charge in [-0.05, 0) is 20.3 Å². The lowest BCUT2D eigenvalue weighted by atomic mass is 9.97. The second kappa shape index (κ2) is 6.04. The van der Waals surface area contributed by atoms with Crippen LogP contribution in [0.25, 0.3) is 0 Å². The Morgan fingerprint density at radius 1 is 1.25 bits per heavy atom. The van der Waals surface area contributed by atoms with E-state index < -0.39 is 0 Å². The quantitative estimate of drug-likeness (QED) is 0.461. The van der Waals surface area contributed by atoms with E-state index in [2.05, 4.69) is 12.2 Å². The van der Waals surface area contributed by atoms with Crippen molar-refractivity contribution in [3.63, 3.8) is 0 Å². The van der Waals surface area contributed by atoms with Crippen molar-refractivity contribution in [2.45, 2.75) is 58.4 Å². The van der Waals surface area contributed by atoms with Crippen LogP contribution in [0.5, 0.6) is 0 Å². The maximum Gasteiger partial charge on any atom is 0.309 e. The Kier molecular flexibility index (Phi) is 5.77. The fourth-order valence-electron chi connectivity index (χ4n) is 1.19. The Morgan fingerprint density at radius 3 is 2.42 bits per heavy atom. The average Bonchev–Trinajstić information content (AvgIpc) is 1.98. The van der Waals surface area contributed by atoms with Crippen molar-refractivity contribution in [3.8, 4) is 0 Å². The van der Waals surface area contributed by atoms with E-state index in [0.29, 0.717) is 0 Å². The number of carbonyl (C=O) groups excluding carboxylic acids is 1. The summed E-state index contributed by atoms with van der Waals surface area (Å²) >= 11 is 0. The van der Waals surface area contributed by atoms with Gasteiger partial charge in [0.15, 0.2) is 0 Å². The van der Waals surface area contributed by atoms with Gasteiger partial charge in [0.1, 0.15) is 0 Å². The van der Waals surface area contributed by atoms with Gasteiger partial charge in [-0.15, -0.1) is 0 Å². The molecule has 0 rings (SSSR count). The molecule has 0 aromatic carbocycles. The molecule has 0 fully saturated rings. The summed E-state index contributed by atoms with van der Waals surface area (Å²) in [5.41, 5.74) is -0.0739. The van der Waals surface area contributed by atoms with Crippen LogP contribution in [0.1, 0.15) is 52.9 Å². The van der Waals surface area contributed by atoms with Crippen LogP contribution in [0.4, 0.5) is 0 Å². The molecular weight excluding hydrogens is 150 g/mol. The SMILES string of the molecule is CCCCCCC(C)(C)N[C]=O. The number of nitrogens with one attached hydrogen (secondary N) is 1. The Morgan fingerprint density at radius 2 is 1.92 bits per heavy atom. The van der Waals surface area contributed by atoms with Crippen molar-refractivity contribution in [1.82, 2.24) is 5.32 Å². The molecule has 0 aromatic rings. The molecule has 0 aliphatic carbocycles. The van der Waals surface area contributed by atoms with Crippen molar-refractivity contribution in [3.05, 3.63) is 0 Å². The predicted octanol–water partition coefficient (Wildman–Crippen LogP) is 2.39. The molecule has 1 N–H and O–H groups in total. The Labute approximate surface area is 75.7 Å². The summed E-state index contributed by atoms with van der Waals surface area (Å²) in [6.45, 7) is 6.26. The molecule has 0 unspecified atom stereocenters. The van der Waals surface area contributed by atoms with Crippen LogP contribution in [0.15, 0.2) is 0 Å². The summed E-state index contributed by atoms with van der Waals surface area (Å²) < 4.78 is 0. The zero-order valence-electron chi connectivity index (χ0n) is 8.44. The van der Waals surface area contributed by atoms with Crippen molar-refractivity contribution < 1.29 is 4.79 Å². The van der Waals surface area contributed by atoms with Gasteiger partial charge in [0, 0.05) is 5.54 Å². The molecule has 0 atom stereocenters. The number of unbranched alkanes of at least 4 members (excludes halogenated alkanes) is 3. The molecule has 0 heterocycles. The lowest BCUT2D eigenvalue weighted by Gasteiger charge is -2.22. The summed E-state index contributed by atoms with van der Waals surface area (Å²) in [5, 5.41) is 2.69. The predicted molar refractivity (Wildman–Crippen MR) is 51.7 cm³/mol. The van der Waals surface area contributed by atoms with E-state index in [1.54, 1.807) is 6.41 Å². The number of amides is 1. The highest BCUT2D eigenvalue weighted by Gasteiger charge is 2.15. The fourth-order valence-corrected chi connectivity index (χ4v) is 1.19. The second-order valence-corrected chi connectivity index (χ2v) is 3.92. The first-order valence-corrected chi connectivity index (χ1v) is 4.76. The maximum absolute atomic E-state index is 10.1. The molecule has 0 saturated heterocycles. The first-order chi connectivity index (χ1) is 5.62. The van der Waals surface area contributed by atoms with Crippen molar-refractivity contribution in [2.24, 2.45) is 0 Å². The van der Waals surface area contributed by atoms with Crippen LogP contribution in [-0.4, -0.2) is 11.9 Å². The molecule has 0 saturated carbocycles. The molecular formula is C10H20NO. The maximum atomic E-state index is 10.1. The van der Waals surface area contributed by atoms with Gasteiger partial charge in [-0.2, -0.15) is 0 Å². The molecule has 0 aromatic heterocycles. The summed E-state index contributed by atoms with van der Waals surface area (Å²) in [4.78, 5) is 10.1. The van der Waals surface area contributed by atoms with E-state index in [1.165, 1.54) is 25.7 Å². The zero-order valence-corrected chi connectivity index (χ0v) is 8.44. The summed E-state index contributed by atoms with van der Waals surface area (Å²) in [5.74, 6) is 0. The Balaban J connectivity index is 3.39. The first kappa shape index (κ1) is 11.5. The van der Waals surface area contributed by atoms with Gasteiger partial charge < -0.3 is 5.32 Å². The van der Waals surface area contributed by atoms with E-state index in [9.17, 15) is 4.79 Å². The zero-order chi connectivity index (χ0) is 9.45. The smallest absolute Gasteiger partial charge is 0.309 e. The van der Waals surface area contributed by atoms with Crippen molar-refractivity contribution >= 4 is 6.41 Å². The molecule has 0 aliphatic heterocycles. The van der Waals surface area contributed by atoms with Crippen LogP contribution in [0, 0.1) is 0 Å². The van der Waals surface area contributed by atoms with Gasteiger partial charge in [0.05, 0.1) is 0 Å². The molecule has 2 nitrogen and oxygen atoms in total. The minimum absolute atomic E-state index is 0.0739. The summed E-state index contributed by atoms with van der Waals surface area (Å²) in [6.07, 6.45) is 7.80. The van der Waals surface area contributed by atoms with Gasteiger partial charge in [-0.25, -0.2) is 0 Å². The Bertz CT molecular complexity index is 121. The number of rotatable bonds is 7. The van der Waals surface area contributed by atoms with Crippen LogP contribution >= 0.6 is 0 Å². The third-order valence-electron chi connectivity index (χ3n) is 2.04. The third-order valence-corrected chi connectivity index (χ3v) is 2.04.